The van der Waals surface area contributed by atoms with E-state index in [9.17, 15) is 9.59 Å². The molecule has 29 heavy (non-hydrogen) atoms. The molecule has 1 aromatic heterocycles. The number of likely N-dealkylation sites (tertiary alicyclic amines) is 1. The van der Waals surface area contributed by atoms with Gasteiger partial charge in [-0.15, -0.1) is 0 Å². The van der Waals surface area contributed by atoms with Crippen LogP contribution in [0.1, 0.15) is 30.4 Å². The van der Waals surface area contributed by atoms with Crippen molar-refractivity contribution >= 4 is 11.8 Å². The number of pyridine rings is 1. The summed E-state index contributed by atoms with van der Waals surface area (Å²) in [5.74, 6) is 0.891. The molecule has 0 saturated carbocycles. The lowest BCUT2D eigenvalue weighted by molar-refractivity contribution is -0.138. The number of benzene rings is 1. The molecule has 1 aromatic carbocycles. The summed E-state index contributed by atoms with van der Waals surface area (Å²) in [6.45, 7) is 1.78. The fourth-order valence-corrected chi connectivity index (χ4v) is 3.60. The Morgan fingerprint density at radius 1 is 1.21 bits per heavy atom. The van der Waals surface area contributed by atoms with Gasteiger partial charge in [-0.1, -0.05) is 18.2 Å². The molecular weight excluding hydrogens is 366 g/mol. The third-order valence-corrected chi connectivity index (χ3v) is 5.36. The Bertz CT molecular complexity index is 793. The standard InChI is InChI=1S/C23H29N3O3/c1-29-21-9-6-18(7-10-21)12-15-26-17-20(8-11-22(26)27)23(28)25-14-3-5-19-4-2-13-24-16-19/h2,4,6-7,9-10,13,16,20H,3,5,8,11-12,14-15,17H2,1H3,(H,25,28)/t20-/m0/s1. The number of rotatable bonds is 9. The average molecular weight is 396 g/mol. The summed E-state index contributed by atoms with van der Waals surface area (Å²) in [5.41, 5.74) is 2.33. The second-order valence-electron chi connectivity index (χ2n) is 7.43. The Hall–Kier alpha value is -2.89. The van der Waals surface area contributed by atoms with E-state index in [1.54, 1.807) is 13.3 Å². The van der Waals surface area contributed by atoms with Crippen LogP contribution < -0.4 is 10.1 Å². The minimum atomic E-state index is -0.123. The van der Waals surface area contributed by atoms with Crippen LogP contribution in [-0.4, -0.2) is 48.4 Å². The van der Waals surface area contributed by atoms with Gasteiger partial charge in [-0.25, -0.2) is 0 Å². The van der Waals surface area contributed by atoms with Gasteiger partial charge in [0.2, 0.25) is 11.8 Å². The fourth-order valence-electron chi connectivity index (χ4n) is 3.60. The summed E-state index contributed by atoms with van der Waals surface area (Å²) in [6, 6.07) is 11.8. The number of methoxy groups -OCH3 is 1. The van der Waals surface area contributed by atoms with Crippen LogP contribution in [-0.2, 0) is 22.4 Å². The van der Waals surface area contributed by atoms with Gasteiger partial charge in [-0.05, 0) is 55.0 Å². The van der Waals surface area contributed by atoms with E-state index < -0.39 is 0 Å². The van der Waals surface area contributed by atoms with Crippen LogP contribution in [0.3, 0.4) is 0 Å². The number of carbonyl (C=O) groups is 2. The number of nitrogens with one attached hydrogen (secondary N) is 1. The first-order chi connectivity index (χ1) is 14.2. The van der Waals surface area contributed by atoms with E-state index >= 15 is 0 Å². The lowest BCUT2D eigenvalue weighted by Gasteiger charge is -2.32. The van der Waals surface area contributed by atoms with Gasteiger partial charge < -0.3 is 15.0 Å². The van der Waals surface area contributed by atoms with Gasteiger partial charge in [0.05, 0.1) is 13.0 Å². The number of ether oxygens (including phenoxy) is 1. The molecule has 6 nitrogen and oxygen atoms in total. The highest BCUT2D eigenvalue weighted by atomic mass is 16.5. The van der Waals surface area contributed by atoms with Crippen molar-refractivity contribution < 1.29 is 14.3 Å². The lowest BCUT2D eigenvalue weighted by Crippen LogP contribution is -2.46. The van der Waals surface area contributed by atoms with Crippen LogP contribution in [0.15, 0.2) is 48.8 Å². The molecule has 0 spiro atoms. The molecule has 0 bridgehead atoms. The Kier molecular flexibility index (Phi) is 7.61. The molecule has 2 aromatic rings. The van der Waals surface area contributed by atoms with Crippen molar-refractivity contribution in [1.29, 1.82) is 0 Å². The Morgan fingerprint density at radius 3 is 2.76 bits per heavy atom. The van der Waals surface area contributed by atoms with Crippen molar-refractivity contribution in [2.24, 2.45) is 5.92 Å². The van der Waals surface area contributed by atoms with E-state index in [1.807, 2.05) is 47.5 Å². The van der Waals surface area contributed by atoms with Crippen LogP contribution >= 0.6 is 0 Å². The molecule has 3 rings (SSSR count). The fraction of sp³-hybridized carbons (Fsp3) is 0.435. The maximum absolute atomic E-state index is 12.5. The largest absolute Gasteiger partial charge is 0.497 e. The number of hydrogen-bond donors (Lipinski definition) is 1. The van der Waals surface area contributed by atoms with E-state index in [4.69, 9.17) is 4.74 Å². The Balaban J connectivity index is 1.41. The number of piperidine rings is 1. The molecule has 1 aliphatic heterocycles. The molecule has 0 aliphatic carbocycles. The zero-order chi connectivity index (χ0) is 20.5. The molecule has 1 aliphatic rings. The SMILES string of the molecule is COc1ccc(CCN2C[C@@H](C(=O)NCCCc3cccnc3)CCC2=O)cc1. The van der Waals surface area contributed by atoms with Crippen LogP contribution in [0.4, 0.5) is 0 Å². The summed E-state index contributed by atoms with van der Waals surface area (Å²) >= 11 is 0. The highest BCUT2D eigenvalue weighted by Crippen LogP contribution is 2.19. The Labute approximate surface area is 172 Å². The van der Waals surface area contributed by atoms with Crippen molar-refractivity contribution in [3.8, 4) is 5.75 Å². The highest BCUT2D eigenvalue weighted by Gasteiger charge is 2.29. The first-order valence-corrected chi connectivity index (χ1v) is 10.2. The van der Waals surface area contributed by atoms with E-state index in [0.717, 1.165) is 30.6 Å². The van der Waals surface area contributed by atoms with E-state index in [0.29, 0.717) is 32.5 Å². The second kappa shape index (κ2) is 10.6. The quantitative estimate of drug-likeness (QED) is 0.663. The van der Waals surface area contributed by atoms with Crippen molar-refractivity contribution in [2.45, 2.75) is 32.1 Å². The van der Waals surface area contributed by atoms with Gasteiger partial charge in [0, 0.05) is 38.4 Å². The van der Waals surface area contributed by atoms with Crippen LogP contribution in [0.2, 0.25) is 0 Å². The number of amides is 2. The van der Waals surface area contributed by atoms with Gasteiger partial charge in [0.1, 0.15) is 5.75 Å². The van der Waals surface area contributed by atoms with Crippen molar-refractivity contribution in [1.82, 2.24) is 15.2 Å². The van der Waals surface area contributed by atoms with Crippen LogP contribution in [0, 0.1) is 5.92 Å². The predicted octanol–water partition coefficient (Wildman–Crippen LogP) is 2.62. The first-order valence-electron chi connectivity index (χ1n) is 10.2. The van der Waals surface area contributed by atoms with Crippen LogP contribution in [0.25, 0.3) is 0 Å². The number of carbonyl (C=O) groups excluding carboxylic acids is 2. The third kappa shape index (κ3) is 6.31. The molecule has 6 heteroatoms. The number of aromatic nitrogens is 1. The van der Waals surface area contributed by atoms with E-state index in [-0.39, 0.29) is 17.7 Å². The molecule has 154 valence electrons. The minimum Gasteiger partial charge on any atom is -0.497 e. The Morgan fingerprint density at radius 2 is 2.03 bits per heavy atom. The van der Waals surface area contributed by atoms with Gasteiger partial charge in [-0.2, -0.15) is 0 Å². The number of nitrogens with zero attached hydrogens (tertiary/aromatic N) is 2. The zero-order valence-electron chi connectivity index (χ0n) is 17.0. The average Bonchev–Trinajstić information content (AvgIpc) is 2.77. The van der Waals surface area contributed by atoms with E-state index in [1.165, 1.54) is 5.56 Å². The molecule has 0 radical (unpaired) electrons. The van der Waals surface area contributed by atoms with Gasteiger partial charge in [-0.3, -0.25) is 14.6 Å². The van der Waals surface area contributed by atoms with Crippen molar-refractivity contribution in [2.75, 3.05) is 26.7 Å². The number of aryl methyl sites for hydroxylation is 1. The molecule has 2 heterocycles. The monoisotopic (exact) mass is 395 g/mol. The number of hydrogen-bond acceptors (Lipinski definition) is 4. The molecule has 1 saturated heterocycles. The van der Waals surface area contributed by atoms with Crippen LogP contribution in [0.5, 0.6) is 5.75 Å². The molecule has 2 amide bonds. The van der Waals surface area contributed by atoms with Gasteiger partial charge >= 0.3 is 0 Å². The molecule has 1 atom stereocenters. The first kappa shape index (κ1) is 20.8. The summed E-state index contributed by atoms with van der Waals surface area (Å²) < 4.78 is 5.17. The topological polar surface area (TPSA) is 71.5 Å². The normalized spacial score (nSPS) is 16.5. The summed E-state index contributed by atoms with van der Waals surface area (Å²) in [7, 11) is 1.64. The lowest BCUT2D eigenvalue weighted by atomic mass is 9.96. The van der Waals surface area contributed by atoms with E-state index in [2.05, 4.69) is 10.3 Å². The van der Waals surface area contributed by atoms with Crippen molar-refractivity contribution in [3.05, 3.63) is 59.9 Å². The highest BCUT2D eigenvalue weighted by molar-refractivity contribution is 5.83. The summed E-state index contributed by atoms with van der Waals surface area (Å²) in [6.07, 6.45) is 7.23. The molecular formula is C23H29N3O3. The van der Waals surface area contributed by atoms with Gasteiger partial charge in [0.15, 0.2) is 0 Å². The molecule has 1 fully saturated rings. The van der Waals surface area contributed by atoms with Crippen molar-refractivity contribution in [3.63, 3.8) is 0 Å². The van der Waals surface area contributed by atoms with Gasteiger partial charge in [0.25, 0.3) is 0 Å². The molecule has 1 N–H and O–H groups in total. The second-order valence-corrected chi connectivity index (χ2v) is 7.43. The summed E-state index contributed by atoms with van der Waals surface area (Å²) in [5, 5.41) is 3.03. The minimum absolute atomic E-state index is 0.0538. The zero-order valence-corrected chi connectivity index (χ0v) is 17.0. The predicted molar refractivity (Wildman–Crippen MR) is 112 cm³/mol. The maximum Gasteiger partial charge on any atom is 0.224 e. The summed E-state index contributed by atoms with van der Waals surface area (Å²) in [4.78, 5) is 30.7. The third-order valence-electron chi connectivity index (χ3n) is 5.36. The molecule has 0 unspecified atom stereocenters. The smallest absolute Gasteiger partial charge is 0.224 e. The maximum atomic E-state index is 12.5.